The van der Waals surface area contributed by atoms with Gasteiger partial charge in [0.05, 0.1) is 11.8 Å². The van der Waals surface area contributed by atoms with Crippen molar-refractivity contribution in [3.05, 3.63) is 46.2 Å². The van der Waals surface area contributed by atoms with Crippen LogP contribution in [0.2, 0.25) is 0 Å². The monoisotopic (exact) mass is 258 g/mol. The van der Waals surface area contributed by atoms with E-state index in [1.54, 1.807) is 18.2 Å². The Balaban J connectivity index is 2.28. The standard InChI is InChI=1S/C12H10N4O3/c13-10(17)12(19)16-14-6-8-5-7-3-1-2-4-9(7)15-11(8)18/h1-6H,(H2,13,17)(H,15,18)(H,16,19)/b14-6+. The predicted molar refractivity (Wildman–Crippen MR) is 69.5 cm³/mol. The van der Waals surface area contributed by atoms with E-state index in [9.17, 15) is 14.4 Å². The van der Waals surface area contributed by atoms with Crippen LogP contribution in [-0.2, 0) is 9.59 Å². The van der Waals surface area contributed by atoms with Gasteiger partial charge in [-0.3, -0.25) is 14.4 Å². The van der Waals surface area contributed by atoms with Gasteiger partial charge in [0.25, 0.3) is 5.56 Å². The van der Waals surface area contributed by atoms with E-state index in [-0.39, 0.29) is 11.1 Å². The fourth-order valence-electron chi connectivity index (χ4n) is 1.48. The molecule has 7 heteroatoms. The molecule has 0 saturated heterocycles. The van der Waals surface area contributed by atoms with Gasteiger partial charge in [0.1, 0.15) is 0 Å². The molecule has 0 aliphatic rings. The first-order valence-electron chi connectivity index (χ1n) is 5.33. The number of benzene rings is 1. The van der Waals surface area contributed by atoms with E-state index in [0.29, 0.717) is 5.52 Å². The van der Waals surface area contributed by atoms with Crippen molar-refractivity contribution in [1.82, 2.24) is 10.4 Å². The number of fused-ring (bicyclic) bond motifs is 1. The molecule has 0 atom stereocenters. The molecule has 19 heavy (non-hydrogen) atoms. The van der Waals surface area contributed by atoms with Crippen LogP contribution >= 0.6 is 0 Å². The Bertz CT molecular complexity index is 733. The van der Waals surface area contributed by atoms with Crippen LogP contribution in [0.3, 0.4) is 0 Å². The number of para-hydroxylation sites is 1. The molecule has 1 heterocycles. The first-order chi connectivity index (χ1) is 9.08. The summed E-state index contributed by atoms with van der Waals surface area (Å²) >= 11 is 0. The van der Waals surface area contributed by atoms with E-state index in [0.717, 1.165) is 11.6 Å². The zero-order valence-corrected chi connectivity index (χ0v) is 9.71. The van der Waals surface area contributed by atoms with Crippen molar-refractivity contribution < 1.29 is 9.59 Å². The molecule has 2 rings (SSSR count). The van der Waals surface area contributed by atoms with Gasteiger partial charge in [0, 0.05) is 5.52 Å². The van der Waals surface area contributed by atoms with Gasteiger partial charge in [-0.2, -0.15) is 5.10 Å². The van der Waals surface area contributed by atoms with Crippen LogP contribution in [-0.4, -0.2) is 23.0 Å². The van der Waals surface area contributed by atoms with Crippen molar-refractivity contribution >= 4 is 28.9 Å². The first kappa shape index (κ1) is 12.5. The summed E-state index contributed by atoms with van der Waals surface area (Å²) in [4.78, 5) is 35.7. The molecule has 1 aromatic carbocycles. The predicted octanol–water partition coefficient (Wildman–Crippen LogP) is -0.536. The highest BCUT2D eigenvalue weighted by atomic mass is 16.2. The number of aromatic amines is 1. The summed E-state index contributed by atoms with van der Waals surface area (Å²) in [6, 6.07) is 8.85. The van der Waals surface area contributed by atoms with Crippen LogP contribution in [0.15, 0.2) is 40.2 Å². The zero-order chi connectivity index (χ0) is 13.8. The second-order valence-corrected chi connectivity index (χ2v) is 3.70. The van der Waals surface area contributed by atoms with Gasteiger partial charge in [-0.15, -0.1) is 0 Å². The number of carbonyl (C=O) groups excluding carboxylic acids is 2. The van der Waals surface area contributed by atoms with Crippen molar-refractivity contribution in [1.29, 1.82) is 0 Å². The van der Waals surface area contributed by atoms with Crippen molar-refractivity contribution in [2.24, 2.45) is 10.8 Å². The lowest BCUT2D eigenvalue weighted by molar-refractivity contribution is -0.137. The van der Waals surface area contributed by atoms with E-state index in [1.807, 2.05) is 17.6 Å². The van der Waals surface area contributed by atoms with Gasteiger partial charge in [-0.05, 0) is 17.5 Å². The maximum atomic E-state index is 11.7. The molecule has 96 valence electrons. The zero-order valence-electron chi connectivity index (χ0n) is 9.71. The molecule has 0 bridgehead atoms. The summed E-state index contributed by atoms with van der Waals surface area (Å²) in [5, 5.41) is 4.31. The number of H-pyrrole nitrogens is 1. The molecule has 4 N–H and O–H groups in total. The number of hydrogen-bond donors (Lipinski definition) is 3. The Morgan fingerprint density at radius 1 is 1.32 bits per heavy atom. The van der Waals surface area contributed by atoms with Crippen LogP contribution in [0.4, 0.5) is 0 Å². The summed E-state index contributed by atoms with van der Waals surface area (Å²) in [6.45, 7) is 0. The highest BCUT2D eigenvalue weighted by molar-refractivity contribution is 6.34. The number of carbonyl (C=O) groups is 2. The van der Waals surface area contributed by atoms with Crippen LogP contribution in [0.5, 0.6) is 0 Å². The maximum absolute atomic E-state index is 11.7. The fraction of sp³-hybridized carbons (Fsp3) is 0. The lowest BCUT2D eigenvalue weighted by atomic mass is 10.2. The topological polar surface area (TPSA) is 117 Å². The highest BCUT2D eigenvalue weighted by Crippen LogP contribution is 2.08. The fourth-order valence-corrected chi connectivity index (χ4v) is 1.48. The Morgan fingerprint density at radius 2 is 2.05 bits per heavy atom. The van der Waals surface area contributed by atoms with Gasteiger partial charge in [-0.25, -0.2) is 5.43 Å². The Kier molecular flexibility index (Phi) is 3.37. The lowest BCUT2D eigenvalue weighted by Crippen LogP contribution is -2.33. The summed E-state index contributed by atoms with van der Waals surface area (Å²) in [7, 11) is 0. The number of aromatic nitrogens is 1. The molecule has 0 fully saturated rings. The van der Waals surface area contributed by atoms with Gasteiger partial charge >= 0.3 is 11.8 Å². The van der Waals surface area contributed by atoms with Gasteiger partial charge in [0.15, 0.2) is 0 Å². The number of rotatable bonds is 2. The number of hydrazone groups is 1. The Hall–Kier alpha value is -2.96. The maximum Gasteiger partial charge on any atom is 0.329 e. The van der Waals surface area contributed by atoms with Crippen molar-refractivity contribution in [2.75, 3.05) is 0 Å². The summed E-state index contributed by atoms with van der Waals surface area (Å²) in [6.07, 6.45) is 1.14. The smallest absolute Gasteiger partial charge is 0.329 e. The summed E-state index contributed by atoms with van der Waals surface area (Å²) < 4.78 is 0. The number of amides is 2. The summed E-state index contributed by atoms with van der Waals surface area (Å²) in [5.41, 5.74) is 7.24. The molecule has 0 unspecified atom stereocenters. The van der Waals surface area contributed by atoms with Gasteiger partial charge in [-0.1, -0.05) is 18.2 Å². The van der Waals surface area contributed by atoms with E-state index in [4.69, 9.17) is 5.73 Å². The SMILES string of the molecule is NC(=O)C(=O)N/N=C/c1cc2ccccc2[nH]c1=O. The third kappa shape index (κ3) is 2.83. The van der Waals surface area contributed by atoms with Crippen molar-refractivity contribution in [2.45, 2.75) is 0 Å². The second kappa shape index (κ2) is 5.13. The van der Waals surface area contributed by atoms with Crippen molar-refractivity contribution in [3.63, 3.8) is 0 Å². The lowest BCUT2D eigenvalue weighted by Gasteiger charge is -1.98. The molecule has 0 aliphatic carbocycles. The second-order valence-electron chi connectivity index (χ2n) is 3.70. The van der Waals surface area contributed by atoms with Crippen molar-refractivity contribution in [3.8, 4) is 0 Å². The normalized spacial score (nSPS) is 10.7. The average Bonchev–Trinajstić information content (AvgIpc) is 2.39. The number of nitrogens with two attached hydrogens (primary N) is 1. The van der Waals surface area contributed by atoms with Crippen LogP contribution in [0.1, 0.15) is 5.56 Å². The molecule has 0 spiro atoms. The van der Waals surface area contributed by atoms with E-state index in [2.05, 4.69) is 10.1 Å². The van der Waals surface area contributed by atoms with Gasteiger partial charge in [0.2, 0.25) is 0 Å². The van der Waals surface area contributed by atoms with E-state index >= 15 is 0 Å². The van der Waals surface area contributed by atoms with Crippen LogP contribution in [0, 0.1) is 0 Å². The Morgan fingerprint density at radius 3 is 2.79 bits per heavy atom. The molecule has 1 aromatic heterocycles. The van der Waals surface area contributed by atoms with Gasteiger partial charge < -0.3 is 10.7 Å². The minimum Gasteiger partial charge on any atom is -0.361 e. The minimum atomic E-state index is -1.15. The first-order valence-corrected chi connectivity index (χ1v) is 5.33. The molecule has 0 radical (unpaired) electrons. The molecule has 2 aromatic rings. The average molecular weight is 258 g/mol. The number of hydrogen-bond acceptors (Lipinski definition) is 4. The number of pyridine rings is 1. The minimum absolute atomic E-state index is 0.253. The molecule has 2 amide bonds. The molecule has 0 aliphatic heterocycles. The molecular weight excluding hydrogens is 248 g/mol. The van der Waals surface area contributed by atoms with Crippen LogP contribution in [0.25, 0.3) is 10.9 Å². The Labute approximate surface area is 107 Å². The number of primary amides is 1. The molecule has 0 saturated carbocycles. The molecule has 7 nitrogen and oxygen atoms in total. The third-order valence-corrected chi connectivity index (χ3v) is 2.38. The van der Waals surface area contributed by atoms with Crippen LogP contribution < -0.4 is 16.7 Å². The number of nitrogens with one attached hydrogen (secondary N) is 2. The van der Waals surface area contributed by atoms with E-state index < -0.39 is 11.8 Å². The summed E-state index contributed by atoms with van der Waals surface area (Å²) in [5.74, 6) is -2.20. The van der Waals surface area contributed by atoms with E-state index in [1.165, 1.54) is 0 Å². The largest absolute Gasteiger partial charge is 0.361 e. The third-order valence-electron chi connectivity index (χ3n) is 2.38. The quantitative estimate of drug-likeness (QED) is 0.381. The number of nitrogens with zero attached hydrogens (tertiary/aromatic N) is 1. The highest BCUT2D eigenvalue weighted by Gasteiger charge is 2.06. The molecular formula is C12H10N4O3.